The highest BCUT2D eigenvalue weighted by atomic mass is 35.5. The van der Waals surface area contributed by atoms with E-state index in [9.17, 15) is 9.50 Å². The molecule has 0 bridgehead atoms. The molecule has 1 aromatic carbocycles. The zero-order valence-corrected chi connectivity index (χ0v) is 11.8. The third-order valence-electron chi connectivity index (χ3n) is 3.05. The smallest absolute Gasteiger partial charge is 0.132 e. The summed E-state index contributed by atoms with van der Waals surface area (Å²) in [5, 5.41) is 14.9. The molecule has 0 fully saturated rings. The molecule has 0 amide bonds. The highest BCUT2D eigenvalue weighted by molar-refractivity contribution is 6.31. The molecule has 0 aliphatic carbocycles. The predicted octanol–water partition coefficient (Wildman–Crippen LogP) is 3.65. The molecule has 102 valence electrons. The monoisotopic (exact) mass is 282 g/mol. The summed E-state index contributed by atoms with van der Waals surface area (Å²) in [4.78, 5) is 0. The molecule has 1 atom stereocenters. The van der Waals surface area contributed by atoms with Crippen molar-refractivity contribution in [3.63, 3.8) is 0 Å². The van der Waals surface area contributed by atoms with Crippen molar-refractivity contribution >= 4 is 11.6 Å². The van der Waals surface area contributed by atoms with Gasteiger partial charge in [0.1, 0.15) is 11.9 Å². The van der Waals surface area contributed by atoms with Crippen LogP contribution in [0.3, 0.4) is 0 Å². The van der Waals surface area contributed by atoms with Gasteiger partial charge in [-0.3, -0.25) is 4.68 Å². The number of aromatic nitrogens is 2. The first-order valence-corrected chi connectivity index (χ1v) is 6.47. The number of halogens is 2. The number of nitrogens with zero attached hydrogens (tertiary/aromatic N) is 2. The molecule has 1 heterocycles. The number of hydrogen-bond acceptors (Lipinski definition) is 2. The largest absolute Gasteiger partial charge is 0.382 e. The summed E-state index contributed by atoms with van der Waals surface area (Å²) in [5.74, 6) is -0.414. The van der Waals surface area contributed by atoms with Crippen LogP contribution in [0.4, 0.5) is 4.39 Å². The molecule has 0 spiro atoms. The highest BCUT2D eigenvalue weighted by Crippen LogP contribution is 2.31. The van der Waals surface area contributed by atoms with Crippen molar-refractivity contribution in [2.24, 2.45) is 0 Å². The van der Waals surface area contributed by atoms with E-state index in [1.165, 1.54) is 6.20 Å². The lowest BCUT2D eigenvalue weighted by Gasteiger charge is -2.18. The summed E-state index contributed by atoms with van der Waals surface area (Å²) in [6, 6.07) is 4.96. The fourth-order valence-corrected chi connectivity index (χ4v) is 2.28. The van der Waals surface area contributed by atoms with E-state index in [-0.39, 0.29) is 11.6 Å². The van der Waals surface area contributed by atoms with Crippen molar-refractivity contribution in [3.8, 4) is 0 Å². The Morgan fingerprint density at radius 1 is 1.37 bits per heavy atom. The Labute approximate surface area is 116 Å². The van der Waals surface area contributed by atoms with Crippen molar-refractivity contribution in [1.29, 1.82) is 0 Å². The van der Waals surface area contributed by atoms with Gasteiger partial charge in [-0.05, 0) is 26.3 Å². The zero-order valence-electron chi connectivity index (χ0n) is 11.1. The van der Waals surface area contributed by atoms with Crippen LogP contribution in [0.1, 0.15) is 42.8 Å². The Balaban J connectivity index is 2.53. The summed E-state index contributed by atoms with van der Waals surface area (Å²) in [6.45, 7) is 5.51. The molecule has 1 aromatic heterocycles. The molecule has 1 unspecified atom stereocenters. The second-order valence-electron chi connectivity index (χ2n) is 4.80. The Morgan fingerprint density at radius 2 is 2.05 bits per heavy atom. The van der Waals surface area contributed by atoms with E-state index >= 15 is 0 Å². The maximum atomic E-state index is 14.1. The van der Waals surface area contributed by atoms with E-state index in [0.29, 0.717) is 16.3 Å². The van der Waals surface area contributed by atoms with Gasteiger partial charge in [0.05, 0.1) is 16.9 Å². The van der Waals surface area contributed by atoms with Gasteiger partial charge in [-0.25, -0.2) is 4.39 Å². The number of aliphatic hydroxyl groups excluding tert-OH is 1. The van der Waals surface area contributed by atoms with Crippen molar-refractivity contribution in [3.05, 3.63) is 52.1 Å². The number of hydrogen-bond donors (Lipinski definition) is 1. The maximum Gasteiger partial charge on any atom is 0.132 e. The minimum absolute atomic E-state index is 0.0324. The second-order valence-corrected chi connectivity index (χ2v) is 5.20. The summed E-state index contributed by atoms with van der Waals surface area (Å²) in [5.41, 5.74) is 1.12. The molecule has 2 rings (SSSR count). The standard InChI is InChI=1S/C14H16ClFN2O/c1-8(2)18-13(11(15)7-17-18)14(19)10-6-4-5-9(3)12(10)16/h4-8,14,19H,1-3H3. The molecular weight excluding hydrogens is 267 g/mol. The molecule has 0 saturated carbocycles. The van der Waals surface area contributed by atoms with Crippen molar-refractivity contribution < 1.29 is 9.50 Å². The van der Waals surface area contributed by atoms with Gasteiger partial charge < -0.3 is 5.11 Å². The zero-order chi connectivity index (χ0) is 14.2. The molecule has 0 aliphatic heterocycles. The lowest BCUT2D eigenvalue weighted by molar-refractivity contribution is 0.200. The molecule has 1 N–H and O–H groups in total. The number of aryl methyl sites for hydroxylation is 1. The Hall–Kier alpha value is -1.39. The van der Waals surface area contributed by atoms with E-state index in [0.717, 1.165) is 0 Å². The van der Waals surface area contributed by atoms with E-state index in [1.807, 2.05) is 13.8 Å². The van der Waals surface area contributed by atoms with Crippen molar-refractivity contribution in [1.82, 2.24) is 9.78 Å². The molecule has 0 saturated heterocycles. The van der Waals surface area contributed by atoms with Gasteiger partial charge in [-0.1, -0.05) is 29.8 Å². The van der Waals surface area contributed by atoms with Crippen LogP contribution in [0.15, 0.2) is 24.4 Å². The number of rotatable bonds is 3. The molecule has 0 aliphatic rings. The van der Waals surface area contributed by atoms with Crippen LogP contribution in [0.2, 0.25) is 5.02 Å². The molecule has 5 heteroatoms. The van der Waals surface area contributed by atoms with E-state index in [2.05, 4.69) is 5.10 Å². The number of benzene rings is 1. The predicted molar refractivity (Wildman–Crippen MR) is 72.8 cm³/mol. The minimum Gasteiger partial charge on any atom is -0.382 e. The normalized spacial score (nSPS) is 13.0. The molecule has 0 radical (unpaired) electrons. The van der Waals surface area contributed by atoms with E-state index in [1.54, 1.807) is 29.8 Å². The van der Waals surface area contributed by atoms with Gasteiger partial charge in [0.2, 0.25) is 0 Å². The van der Waals surface area contributed by atoms with Gasteiger partial charge in [0.15, 0.2) is 0 Å². The molecule has 2 aromatic rings. The van der Waals surface area contributed by atoms with Crippen LogP contribution in [-0.2, 0) is 0 Å². The Morgan fingerprint density at radius 3 is 2.68 bits per heavy atom. The first-order valence-electron chi connectivity index (χ1n) is 6.09. The Kier molecular flexibility index (Phi) is 3.92. The third kappa shape index (κ3) is 2.51. The van der Waals surface area contributed by atoms with Crippen LogP contribution in [0.25, 0.3) is 0 Å². The van der Waals surface area contributed by atoms with Crippen molar-refractivity contribution in [2.45, 2.75) is 32.9 Å². The first-order chi connectivity index (χ1) is 8.93. The van der Waals surface area contributed by atoms with E-state index in [4.69, 9.17) is 11.6 Å². The molecule has 19 heavy (non-hydrogen) atoms. The summed E-state index contributed by atoms with van der Waals surface area (Å²) in [6.07, 6.45) is 0.339. The third-order valence-corrected chi connectivity index (χ3v) is 3.34. The summed E-state index contributed by atoms with van der Waals surface area (Å²) >= 11 is 6.06. The lowest BCUT2D eigenvalue weighted by Crippen LogP contribution is -2.13. The quantitative estimate of drug-likeness (QED) is 0.933. The van der Waals surface area contributed by atoms with Crippen molar-refractivity contribution in [2.75, 3.05) is 0 Å². The van der Waals surface area contributed by atoms with Crippen LogP contribution < -0.4 is 0 Å². The summed E-state index contributed by atoms with van der Waals surface area (Å²) in [7, 11) is 0. The fraction of sp³-hybridized carbons (Fsp3) is 0.357. The SMILES string of the molecule is Cc1cccc(C(O)c2c(Cl)cnn2C(C)C)c1F. The fourth-order valence-electron chi connectivity index (χ4n) is 2.05. The van der Waals surface area contributed by atoms with Crippen LogP contribution in [0.5, 0.6) is 0 Å². The van der Waals surface area contributed by atoms with Gasteiger partial charge in [0, 0.05) is 11.6 Å². The maximum absolute atomic E-state index is 14.1. The molecular formula is C14H16ClFN2O. The first kappa shape index (κ1) is 14.0. The average Bonchev–Trinajstić information content (AvgIpc) is 2.74. The van der Waals surface area contributed by atoms with E-state index < -0.39 is 11.9 Å². The highest BCUT2D eigenvalue weighted by Gasteiger charge is 2.24. The number of aliphatic hydroxyl groups is 1. The van der Waals surface area contributed by atoms with Crippen LogP contribution >= 0.6 is 11.6 Å². The van der Waals surface area contributed by atoms with Gasteiger partial charge >= 0.3 is 0 Å². The Bertz CT molecular complexity index is 595. The van der Waals surface area contributed by atoms with Crippen LogP contribution in [-0.4, -0.2) is 14.9 Å². The average molecular weight is 283 g/mol. The minimum atomic E-state index is -1.13. The molecule has 3 nitrogen and oxygen atoms in total. The lowest BCUT2D eigenvalue weighted by atomic mass is 10.0. The summed E-state index contributed by atoms with van der Waals surface area (Å²) < 4.78 is 15.7. The topological polar surface area (TPSA) is 38.1 Å². The van der Waals surface area contributed by atoms with Gasteiger partial charge in [-0.2, -0.15) is 5.10 Å². The second kappa shape index (κ2) is 5.31. The van der Waals surface area contributed by atoms with Crippen LogP contribution in [0, 0.1) is 12.7 Å². The van der Waals surface area contributed by atoms with Gasteiger partial charge in [-0.15, -0.1) is 0 Å². The van der Waals surface area contributed by atoms with Gasteiger partial charge in [0.25, 0.3) is 0 Å².